The van der Waals surface area contributed by atoms with Crippen molar-refractivity contribution in [2.75, 3.05) is 25.1 Å². The lowest BCUT2D eigenvalue weighted by Crippen LogP contribution is -2.09. The molecule has 14 heavy (non-hydrogen) atoms. The smallest absolute Gasteiger partial charge is 0.0638 e. The van der Waals surface area contributed by atoms with E-state index in [9.17, 15) is 0 Å². The van der Waals surface area contributed by atoms with Gasteiger partial charge in [-0.2, -0.15) is 0 Å². The Balaban J connectivity index is 2.45. The fourth-order valence-corrected chi connectivity index (χ4v) is 1.59. The molecule has 1 N–H and O–H groups in total. The quantitative estimate of drug-likeness (QED) is 0.832. The number of benzene rings is 1. The van der Waals surface area contributed by atoms with E-state index in [1.807, 2.05) is 25.1 Å². The molecule has 1 aromatic rings. The van der Waals surface area contributed by atoms with Crippen LogP contribution in [0.15, 0.2) is 22.7 Å². The normalized spacial score (nSPS) is 10.2. The van der Waals surface area contributed by atoms with Crippen LogP contribution in [-0.2, 0) is 4.74 Å². The summed E-state index contributed by atoms with van der Waals surface area (Å²) in [5.41, 5.74) is 0.997. The minimum atomic E-state index is 0.704. The molecule has 0 unspecified atom stereocenters. The monoisotopic (exact) mass is 277 g/mol. The minimum absolute atomic E-state index is 0.704. The van der Waals surface area contributed by atoms with Crippen LogP contribution in [0.5, 0.6) is 0 Å². The molecule has 0 bridgehead atoms. The fourth-order valence-electron chi connectivity index (χ4n) is 1.04. The fraction of sp³-hybridized carbons (Fsp3) is 0.400. The van der Waals surface area contributed by atoms with E-state index >= 15 is 0 Å². The number of halogens is 2. The van der Waals surface area contributed by atoms with Crippen molar-refractivity contribution in [1.29, 1.82) is 0 Å². The van der Waals surface area contributed by atoms with Crippen LogP contribution < -0.4 is 5.32 Å². The van der Waals surface area contributed by atoms with Crippen LogP contribution in [0.3, 0.4) is 0 Å². The molecule has 0 radical (unpaired) electrons. The molecule has 0 aliphatic carbocycles. The predicted molar refractivity (Wildman–Crippen MR) is 64.1 cm³/mol. The molecule has 0 heterocycles. The molecule has 0 aliphatic heterocycles. The third-order valence-electron chi connectivity index (χ3n) is 1.69. The van der Waals surface area contributed by atoms with E-state index in [0.717, 1.165) is 28.3 Å². The van der Waals surface area contributed by atoms with Crippen molar-refractivity contribution in [1.82, 2.24) is 0 Å². The van der Waals surface area contributed by atoms with E-state index in [-0.39, 0.29) is 0 Å². The van der Waals surface area contributed by atoms with E-state index in [1.54, 1.807) is 0 Å². The van der Waals surface area contributed by atoms with Gasteiger partial charge in [0, 0.05) is 28.3 Å². The topological polar surface area (TPSA) is 21.3 Å². The Labute approximate surface area is 97.7 Å². The number of hydrogen-bond donors (Lipinski definition) is 1. The lowest BCUT2D eigenvalue weighted by atomic mass is 10.3. The molecule has 2 nitrogen and oxygen atoms in total. The van der Waals surface area contributed by atoms with Gasteiger partial charge in [-0.3, -0.25) is 0 Å². The molecule has 0 saturated carbocycles. The average molecular weight is 279 g/mol. The van der Waals surface area contributed by atoms with Gasteiger partial charge in [-0.15, -0.1) is 0 Å². The maximum atomic E-state index is 5.86. The minimum Gasteiger partial charge on any atom is -0.382 e. The molecule has 1 aromatic carbocycles. The summed E-state index contributed by atoms with van der Waals surface area (Å²) in [7, 11) is 0. The Kier molecular flexibility index (Phi) is 5.30. The van der Waals surface area contributed by atoms with Crippen LogP contribution in [0.4, 0.5) is 5.69 Å². The number of anilines is 1. The SMILES string of the molecule is CCOCCNc1cc(Cl)ccc1Br. The molecule has 1 rings (SSSR count). The molecule has 0 aliphatic rings. The zero-order valence-electron chi connectivity index (χ0n) is 8.02. The summed E-state index contributed by atoms with van der Waals surface area (Å²) in [4.78, 5) is 0. The summed E-state index contributed by atoms with van der Waals surface area (Å²) in [5.74, 6) is 0. The lowest BCUT2D eigenvalue weighted by molar-refractivity contribution is 0.158. The van der Waals surface area contributed by atoms with Crippen molar-refractivity contribution in [2.45, 2.75) is 6.92 Å². The Morgan fingerprint density at radius 1 is 1.50 bits per heavy atom. The van der Waals surface area contributed by atoms with E-state index in [4.69, 9.17) is 16.3 Å². The van der Waals surface area contributed by atoms with Crippen LogP contribution in [0.2, 0.25) is 5.02 Å². The largest absolute Gasteiger partial charge is 0.382 e. The van der Waals surface area contributed by atoms with Crippen LogP contribution in [0.1, 0.15) is 6.92 Å². The third-order valence-corrected chi connectivity index (χ3v) is 2.62. The Morgan fingerprint density at radius 2 is 2.29 bits per heavy atom. The maximum absolute atomic E-state index is 5.86. The third kappa shape index (κ3) is 3.86. The summed E-state index contributed by atoms with van der Waals surface area (Å²) in [6.45, 7) is 4.22. The Hall–Kier alpha value is -0.250. The van der Waals surface area contributed by atoms with Gasteiger partial charge in [0.25, 0.3) is 0 Å². The first-order valence-electron chi connectivity index (χ1n) is 4.50. The summed E-state index contributed by atoms with van der Waals surface area (Å²) in [6, 6.07) is 5.66. The number of nitrogens with one attached hydrogen (secondary N) is 1. The molecule has 78 valence electrons. The molecule has 0 atom stereocenters. The van der Waals surface area contributed by atoms with Gasteiger partial charge < -0.3 is 10.1 Å². The van der Waals surface area contributed by atoms with Gasteiger partial charge >= 0.3 is 0 Å². The first-order chi connectivity index (χ1) is 6.74. The summed E-state index contributed by atoms with van der Waals surface area (Å²) >= 11 is 9.30. The Bertz CT molecular complexity index is 293. The maximum Gasteiger partial charge on any atom is 0.0638 e. The lowest BCUT2D eigenvalue weighted by Gasteiger charge is -2.08. The van der Waals surface area contributed by atoms with Gasteiger partial charge in [-0.1, -0.05) is 11.6 Å². The van der Waals surface area contributed by atoms with Crippen molar-refractivity contribution in [2.24, 2.45) is 0 Å². The standard InChI is InChI=1S/C10H13BrClNO/c1-2-14-6-5-13-10-7-8(12)3-4-9(10)11/h3-4,7,13H,2,5-6H2,1H3. The highest BCUT2D eigenvalue weighted by Crippen LogP contribution is 2.25. The van der Waals surface area contributed by atoms with Crippen LogP contribution >= 0.6 is 27.5 Å². The first kappa shape index (κ1) is 11.8. The Morgan fingerprint density at radius 3 is 3.00 bits per heavy atom. The van der Waals surface area contributed by atoms with Gasteiger partial charge in [-0.05, 0) is 41.1 Å². The van der Waals surface area contributed by atoms with Gasteiger partial charge in [-0.25, -0.2) is 0 Å². The van der Waals surface area contributed by atoms with Crippen molar-refractivity contribution in [3.63, 3.8) is 0 Å². The van der Waals surface area contributed by atoms with Gasteiger partial charge in [0.05, 0.1) is 6.61 Å². The van der Waals surface area contributed by atoms with E-state index in [2.05, 4.69) is 21.2 Å². The molecule has 4 heteroatoms. The first-order valence-corrected chi connectivity index (χ1v) is 5.67. The summed E-state index contributed by atoms with van der Waals surface area (Å²) in [5, 5.41) is 3.96. The second kappa shape index (κ2) is 6.27. The van der Waals surface area contributed by atoms with Crippen LogP contribution in [-0.4, -0.2) is 19.8 Å². The highest BCUT2D eigenvalue weighted by Gasteiger charge is 1.99. The average Bonchev–Trinajstić information content (AvgIpc) is 2.18. The summed E-state index contributed by atoms with van der Waals surface area (Å²) in [6.07, 6.45) is 0. The number of rotatable bonds is 5. The molecular weight excluding hydrogens is 265 g/mol. The van der Waals surface area contributed by atoms with E-state index < -0.39 is 0 Å². The molecule has 0 aromatic heterocycles. The van der Waals surface area contributed by atoms with Crippen LogP contribution in [0.25, 0.3) is 0 Å². The second-order valence-corrected chi connectivity index (χ2v) is 4.04. The van der Waals surface area contributed by atoms with E-state index in [1.165, 1.54) is 0 Å². The van der Waals surface area contributed by atoms with Gasteiger partial charge in [0.15, 0.2) is 0 Å². The highest BCUT2D eigenvalue weighted by atomic mass is 79.9. The number of ether oxygens (including phenoxy) is 1. The molecular formula is C10H13BrClNO. The van der Waals surface area contributed by atoms with Crippen LogP contribution in [0, 0.1) is 0 Å². The zero-order chi connectivity index (χ0) is 10.4. The van der Waals surface area contributed by atoms with Crippen molar-refractivity contribution in [3.05, 3.63) is 27.7 Å². The van der Waals surface area contributed by atoms with E-state index in [0.29, 0.717) is 6.61 Å². The zero-order valence-corrected chi connectivity index (χ0v) is 10.4. The van der Waals surface area contributed by atoms with Crippen molar-refractivity contribution >= 4 is 33.2 Å². The van der Waals surface area contributed by atoms with Crippen molar-refractivity contribution < 1.29 is 4.74 Å². The summed E-state index contributed by atoms with van der Waals surface area (Å²) < 4.78 is 6.23. The number of hydrogen-bond acceptors (Lipinski definition) is 2. The highest BCUT2D eigenvalue weighted by molar-refractivity contribution is 9.10. The molecule has 0 spiro atoms. The van der Waals surface area contributed by atoms with Crippen molar-refractivity contribution in [3.8, 4) is 0 Å². The molecule has 0 saturated heterocycles. The predicted octanol–water partition coefficient (Wildman–Crippen LogP) is 3.55. The van der Waals surface area contributed by atoms with Gasteiger partial charge in [0.2, 0.25) is 0 Å². The van der Waals surface area contributed by atoms with Gasteiger partial charge in [0.1, 0.15) is 0 Å². The second-order valence-electron chi connectivity index (χ2n) is 2.75. The molecule has 0 fully saturated rings. The molecule has 0 amide bonds.